The molecule has 3 rings (SSSR count). The monoisotopic (exact) mass is 373 g/mol. The smallest absolute Gasteiger partial charge is 0.242 e. The molecule has 0 unspecified atom stereocenters. The van der Waals surface area contributed by atoms with Gasteiger partial charge < -0.3 is 15.5 Å². The number of amides is 3. The van der Waals surface area contributed by atoms with Crippen molar-refractivity contribution in [1.29, 1.82) is 0 Å². The highest BCUT2D eigenvalue weighted by Crippen LogP contribution is 2.27. The number of nitrogens with zero attached hydrogens (tertiary/aromatic N) is 3. The van der Waals surface area contributed by atoms with Gasteiger partial charge in [0.25, 0.3) is 0 Å². The van der Waals surface area contributed by atoms with Crippen molar-refractivity contribution in [3.8, 4) is 0 Å². The Bertz CT molecular complexity index is 738. The first-order chi connectivity index (χ1) is 12.8. The number of hydrogen-bond acceptors (Lipinski definition) is 5. The van der Waals surface area contributed by atoms with Gasteiger partial charge in [-0.25, -0.2) is 0 Å². The van der Waals surface area contributed by atoms with Crippen LogP contribution in [0.4, 0.5) is 0 Å². The Morgan fingerprint density at radius 2 is 2.04 bits per heavy atom. The molecular weight excluding hydrogens is 346 g/mol. The molecule has 1 aromatic rings. The highest BCUT2D eigenvalue weighted by molar-refractivity contribution is 5.85. The molecule has 2 saturated heterocycles. The van der Waals surface area contributed by atoms with Crippen molar-refractivity contribution in [1.82, 2.24) is 25.4 Å². The highest BCUT2D eigenvalue weighted by Gasteiger charge is 2.45. The van der Waals surface area contributed by atoms with Crippen molar-refractivity contribution < 1.29 is 14.4 Å². The minimum absolute atomic E-state index is 0.00133. The molecule has 0 aliphatic carbocycles. The molecular formula is C19H27N5O3. The normalized spacial score (nSPS) is 25.2. The summed E-state index contributed by atoms with van der Waals surface area (Å²) < 4.78 is 0. The number of carbonyl (C=O) groups excluding carboxylic acids is 3. The molecule has 1 aromatic heterocycles. The first kappa shape index (κ1) is 19.3. The molecule has 3 amide bonds. The summed E-state index contributed by atoms with van der Waals surface area (Å²) in [5.74, 6) is -0.235. The van der Waals surface area contributed by atoms with E-state index in [2.05, 4.69) is 20.5 Å². The quantitative estimate of drug-likeness (QED) is 0.746. The third-order valence-corrected chi connectivity index (χ3v) is 5.29. The summed E-state index contributed by atoms with van der Waals surface area (Å²) in [4.78, 5) is 44.3. The number of aromatic nitrogens is 1. The molecule has 0 saturated carbocycles. The van der Waals surface area contributed by atoms with Gasteiger partial charge in [-0.15, -0.1) is 0 Å². The van der Waals surface area contributed by atoms with E-state index in [1.54, 1.807) is 6.20 Å². The second kappa shape index (κ2) is 8.04. The Morgan fingerprint density at radius 3 is 2.70 bits per heavy atom. The molecule has 0 spiro atoms. The average molecular weight is 373 g/mol. The molecule has 0 aromatic carbocycles. The fraction of sp³-hybridized carbons (Fsp3) is 0.579. The Hall–Kier alpha value is -2.48. The summed E-state index contributed by atoms with van der Waals surface area (Å²) in [5.41, 5.74) is 2.01. The number of nitrogens with one attached hydrogen (secondary N) is 2. The van der Waals surface area contributed by atoms with E-state index >= 15 is 0 Å². The van der Waals surface area contributed by atoms with Gasteiger partial charge in [0, 0.05) is 58.3 Å². The van der Waals surface area contributed by atoms with Crippen molar-refractivity contribution in [2.45, 2.75) is 51.9 Å². The number of hydrogen-bond donors (Lipinski definition) is 2. The fourth-order valence-corrected chi connectivity index (χ4v) is 4.01. The minimum atomic E-state index is -0.428. The van der Waals surface area contributed by atoms with E-state index in [0.717, 1.165) is 17.7 Å². The van der Waals surface area contributed by atoms with Crippen molar-refractivity contribution in [3.05, 3.63) is 29.6 Å². The molecule has 27 heavy (non-hydrogen) atoms. The van der Waals surface area contributed by atoms with Gasteiger partial charge >= 0.3 is 0 Å². The summed E-state index contributed by atoms with van der Waals surface area (Å²) >= 11 is 0. The Morgan fingerprint density at radius 1 is 1.26 bits per heavy atom. The van der Waals surface area contributed by atoms with Gasteiger partial charge in [-0.05, 0) is 25.0 Å². The first-order valence-corrected chi connectivity index (χ1v) is 9.31. The minimum Gasteiger partial charge on any atom is -0.354 e. The zero-order chi connectivity index (χ0) is 19.6. The molecule has 0 radical (unpaired) electrons. The Kier molecular flexibility index (Phi) is 5.74. The van der Waals surface area contributed by atoms with Gasteiger partial charge in [-0.3, -0.25) is 24.3 Å². The van der Waals surface area contributed by atoms with Gasteiger partial charge in [0.1, 0.15) is 6.04 Å². The van der Waals surface area contributed by atoms with Crippen LogP contribution in [0.15, 0.2) is 18.3 Å². The predicted octanol–water partition coefficient (Wildman–Crippen LogP) is -0.184. The molecule has 2 N–H and O–H groups in total. The molecule has 3 heterocycles. The van der Waals surface area contributed by atoms with E-state index in [1.807, 2.05) is 24.0 Å². The van der Waals surface area contributed by atoms with Crippen LogP contribution >= 0.6 is 0 Å². The summed E-state index contributed by atoms with van der Waals surface area (Å²) in [5, 5.41) is 5.71. The highest BCUT2D eigenvalue weighted by atomic mass is 16.2. The molecule has 0 bridgehead atoms. The molecule has 2 fully saturated rings. The van der Waals surface area contributed by atoms with Crippen LogP contribution < -0.4 is 10.6 Å². The molecule has 2 aliphatic rings. The van der Waals surface area contributed by atoms with Gasteiger partial charge in [0.2, 0.25) is 17.7 Å². The maximum absolute atomic E-state index is 13.1. The van der Waals surface area contributed by atoms with Gasteiger partial charge in [0.15, 0.2) is 0 Å². The van der Waals surface area contributed by atoms with Gasteiger partial charge in [-0.1, -0.05) is 6.07 Å². The lowest BCUT2D eigenvalue weighted by atomic mass is 10.0. The third kappa shape index (κ3) is 4.44. The maximum atomic E-state index is 13.1. The van der Waals surface area contributed by atoms with Crippen LogP contribution in [0, 0.1) is 6.92 Å². The van der Waals surface area contributed by atoms with Crippen LogP contribution in [0.25, 0.3) is 0 Å². The lowest BCUT2D eigenvalue weighted by Crippen LogP contribution is -2.62. The van der Waals surface area contributed by atoms with Gasteiger partial charge in [0.05, 0.1) is 5.69 Å². The second-order valence-corrected chi connectivity index (χ2v) is 7.43. The summed E-state index contributed by atoms with van der Waals surface area (Å²) in [6.45, 7) is 7.00. The number of rotatable bonds is 5. The number of pyridine rings is 1. The first-order valence-electron chi connectivity index (χ1n) is 9.31. The predicted molar refractivity (Wildman–Crippen MR) is 99.6 cm³/mol. The van der Waals surface area contributed by atoms with E-state index in [4.69, 9.17) is 0 Å². The zero-order valence-electron chi connectivity index (χ0n) is 16.1. The Balaban J connectivity index is 1.79. The SMILES string of the molecule is CC(=O)NC[C@H]1C(=O)N2C[C@@H](NC(C)=O)C[C@H]2CN1Cc1ncccc1C. The molecule has 8 nitrogen and oxygen atoms in total. The van der Waals surface area contributed by atoms with Crippen LogP contribution in [0.1, 0.15) is 31.5 Å². The maximum Gasteiger partial charge on any atom is 0.242 e. The largest absolute Gasteiger partial charge is 0.354 e. The lowest BCUT2D eigenvalue weighted by molar-refractivity contribution is -0.144. The van der Waals surface area contributed by atoms with Crippen LogP contribution in [0.3, 0.4) is 0 Å². The van der Waals surface area contributed by atoms with E-state index in [0.29, 0.717) is 19.6 Å². The van der Waals surface area contributed by atoms with Crippen LogP contribution in [-0.2, 0) is 20.9 Å². The zero-order valence-corrected chi connectivity index (χ0v) is 16.1. The standard InChI is InChI=1S/C19H27N5O3/c1-12-5-4-6-20-17(12)11-23-10-16-7-15(22-14(3)26)9-24(16)19(27)18(23)8-21-13(2)25/h4-6,15-16,18H,7-11H2,1-3H3,(H,21,25)(H,22,26)/t15-,16-,18-/m0/s1. The number of piperazine rings is 1. The van der Waals surface area contributed by atoms with Crippen LogP contribution in [-0.4, -0.2) is 70.3 Å². The van der Waals surface area contributed by atoms with E-state index in [9.17, 15) is 14.4 Å². The summed E-state index contributed by atoms with van der Waals surface area (Å²) in [6.07, 6.45) is 2.50. The van der Waals surface area contributed by atoms with Gasteiger partial charge in [-0.2, -0.15) is 0 Å². The number of carbonyl (C=O) groups is 3. The molecule has 146 valence electrons. The van der Waals surface area contributed by atoms with Crippen molar-refractivity contribution >= 4 is 17.7 Å². The van der Waals surface area contributed by atoms with Crippen molar-refractivity contribution in [2.75, 3.05) is 19.6 Å². The van der Waals surface area contributed by atoms with Crippen molar-refractivity contribution in [2.24, 2.45) is 0 Å². The topological polar surface area (TPSA) is 94.6 Å². The third-order valence-electron chi connectivity index (χ3n) is 5.29. The Labute approximate surface area is 159 Å². The van der Waals surface area contributed by atoms with Crippen molar-refractivity contribution in [3.63, 3.8) is 0 Å². The average Bonchev–Trinajstić information content (AvgIpc) is 2.98. The molecule has 8 heteroatoms. The lowest BCUT2D eigenvalue weighted by Gasteiger charge is -2.42. The van der Waals surface area contributed by atoms with E-state index in [1.165, 1.54) is 13.8 Å². The van der Waals surface area contributed by atoms with Crippen LogP contribution in [0.5, 0.6) is 0 Å². The number of fused-ring (bicyclic) bond motifs is 1. The molecule has 3 atom stereocenters. The molecule has 2 aliphatic heterocycles. The summed E-state index contributed by atoms with van der Waals surface area (Å²) in [7, 11) is 0. The van der Waals surface area contributed by atoms with Crippen LogP contribution in [0.2, 0.25) is 0 Å². The van der Waals surface area contributed by atoms with E-state index in [-0.39, 0.29) is 36.3 Å². The number of aryl methyl sites for hydroxylation is 1. The van der Waals surface area contributed by atoms with E-state index < -0.39 is 6.04 Å². The fourth-order valence-electron chi connectivity index (χ4n) is 4.01. The second-order valence-electron chi connectivity index (χ2n) is 7.43. The summed E-state index contributed by atoms with van der Waals surface area (Å²) in [6, 6.07) is 3.51.